The van der Waals surface area contributed by atoms with Crippen LogP contribution in [0.15, 0.2) is 12.2 Å². The van der Waals surface area contributed by atoms with Crippen molar-refractivity contribution in [1.29, 1.82) is 0 Å². The fraction of sp³-hybridized carbons (Fsp3) is 0.930. The smallest absolute Gasteiger partial charge is 0.726 e. The van der Waals surface area contributed by atoms with Crippen LogP contribution in [-0.4, -0.2) is 318 Å². The summed E-state index contributed by atoms with van der Waals surface area (Å²) in [7, 11) is -5.68. The second kappa shape index (κ2) is 49.8. The number of rotatable bonds is 52. The Morgan fingerprint density at radius 1 is 0.593 bits per heavy atom. The monoisotopic (exact) mass is 1590 g/mol. The van der Waals surface area contributed by atoms with Gasteiger partial charge in [0.2, 0.25) is 22.2 Å². The van der Waals surface area contributed by atoms with E-state index in [9.17, 15) is 104 Å². The minimum absolute atomic E-state index is 0. The van der Waals surface area contributed by atoms with Crippen LogP contribution < -0.4 is 45.5 Å². The molecule has 108 heavy (non-hydrogen) atoms. The van der Waals surface area contributed by atoms with Crippen molar-refractivity contribution < 1.29 is 185 Å². The van der Waals surface area contributed by atoms with Gasteiger partial charge in [-0.1, -0.05) is 180 Å². The topological polar surface area (TPSA) is 549 Å². The number of hydrogen-bond acceptors (Lipinski definition) is 32. The number of allylic oxidation sites excluding steroid dienone is 1. The summed E-state index contributed by atoms with van der Waals surface area (Å²) in [6, 6.07) is -4.46. The first-order valence-electron chi connectivity index (χ1n) is 38.8. The van der Waals surface area contributed by atoms with Crippen molar-refractivity contribution in [3.05, 3.63) is 12.2 Å². The van der Waals surface area contributed by atoms with Gasteiger partial charge in [-0.2, -0.15) is 0 Å². The summed E-state index contributed by atoms with van der Waals surface area (Å²) in [5, 5.41) is 175. The van der Waals surface area contributed by atoms with Crippen LogP contribution in [0.3, 0.4) is 0 Å². The van der Waals surface area contributed by atoms with Crippen molar-refractivity contribution in [3.8, 4) is 0 Å². The number of aliphatic hydroxyl groups is 15. The van der Waals surface area contributed by atoms with Crippen molar-refractivity contribution in [2.24, 2.45) is 0 Å². The number of unbranched alkanes of at least 4 members (excludes halogenated alkanes) is 25. The maximum Gasteiger partial charge on any atom is 1.00 e. The van der Waals surface area contributed by atoms with Gasteiger partial charge in [0.1, 0.15) is 116 Å². The number of carbonyl (C=O) groups excluding carboxylic acids is 3. The Kier molecular flexibility index (Phi) is 44.6. The number of nitrogens with one attached hydrogen (secondary N) is 3. The minimum Gasteiger partial charge on any atom is -0.726 e. The van der Waals surface area contributed by atoms with Crippen LogP contribution >= 0.6 is 0 Å². The zero-order valence-electron chi connectivity index (χ0n) is 63.0. The molecule has 0 unspecified atom stereocenters. The molecule has 28 atom stereocenters. The van der Waals surface area contributed by atoms with E-state index in [1.165, 1.54) is 109 Å². The van der Waals surface area contributed by atoms with Crippen molar-refractivity contribution in [2.45, 2.75) is 378 Å². The Balaban J connectivity index is 0.0000209. The normalized spacial score (nSPS) is 34.9. The predicted molar refractivity (Wildman–Crippen MR) is 374 cm³/mol. The quantitative estimate of drug-likeness (QED) is 0.00895. The Morgan fingerprint density at radius 3 is 1.56 bits per heavy atom. The van der Waals surface area contributed by atoms with Gasteiger partial charge in [-0.05, 0) is 19.3 Å². The molecule has 7 fully saturated rings. The minimum atomic E-state index is -5.68. The molecule has 7 aliphatic rings. The zero-order chi connectivity index (χ0) is 78.4. The number of carbonyl (C=O) groups is 3. The van der Waals surface area contributed by atoms with Crippen LogP contribution in [-0.2, 0) is 76.3 Å². The number of fused-ring (bicyclic) bond motifs is 3. The van der Waals surface area contributed by atoms with Gasteiger partial charge >= 0.3 is 29.6 Å². The maximum atomic E-state index is 13.5. The number of morpholine rings is 1. The molecule has 0 aliphatic carbocycles. The number of aliphatic hydroxyl groups excluding tert-OH is 15. The molecule has 3 amide bonds. The first kappa shape index (κ1) is 96.6. The third-order valence-corrected chi connectivity index (χ3v) is 21.2. The van der Waals surface area contributed by atoms with Crippen LogP contribution in [0.1, 0.15) is 207 Å². The van der Waals surface area contributed by atoms with Crippen LogP contribution in [0.5, 0.6) is 0 Å². The summed E-state index contributed by atoms with van der Waals surface area (Å²) in [6.07, 6.45) is -14.5. The third kappa shape index (κ3) is 29.3. The fourth-order valence-corrected chi connectivity index (χ4v) is 14.8. The number of amides is 3. The molecule has 2 bridgehead atoms. The molecule has 0 aromatic heterocycles. The van der Waals surface area contributed by atoms with E-state index >= 15 is 0 Å². The molecule has 0 saturated carbocycles. The second-order valence-corrected chi connectivity index (χ2v) is 30.3. The molecule has 7 rings (SSSR count). The molecule has 624 valence electrons. The van der Waals surface area contributed by atoms with E-state index in [0.29, 0.717) is 12.8 Å². The maximum absolute atomic E-state index is 13.5. The molecule has 0 spiro atoms. The average Bonchev–Trinajstić information content (AvgIpc) is 0.731. The molecule has 37 heteroatoms. The van der Waals surface area contributed by atoms with Gasteiger partial charge < -0.3 is 144 Å². The van der Waals surface area contributed by atoms with E-state index in [1.54, 1.807) is 6.08 Å². The Morgan fingerprint density at radius 2 is 1.06 bits per heavy atom. The SMILES string of the molecule is CCCCCCCCCCCCC/C=C/[C@@H](O)[C@H](CO[C@@H]1O[C@H](CO)[C@@H](O[C@@H]2O[C@H](CO)[C@H](O)[C@H](O[C@@H]3O[C@H](COS(=O)(=O)[O-])[C@@H](O[C@@H]4O[C@H](CO)[C@H](O)[C@H](O[C@@]56C[C@H](O)[C@@H](NC5=O)[C@H]([C@H](O)[C@H](O)CO)O6)[C@H]4O)[C@H](O)[C@H]3NC(C)=O)[C@H]2O)[C@H](O)[C@H]1O)NC(=O)CCCCCCCCCCCCCCCCC.[Na+]. The fourth-order valence-electron chi connectivity index (χ4n) is 14.5. The Bertz CT molecular complexity index is 2670. The summed E-state index contributed by atoms with van der Waals surface area (Å²) in [5.74, 6) is -5.15. The molecule has 0 aromatic carbocycles. The van der Waals surface area contributed by atoms with Crippen molar-refractivity contribution >= 4 is 28.1 Å². The van der Waals surface area contributed by atoms with Crippen LogP contribution in [0.2, 0.25) is 0 Å². The standard InChI is InChI=1S/C71H127N3O32S.Na/c1-4-6-8-10-12-14-16-18-19-21-23-25-27-29-31-33-50(83)73-42(43(80)32-30-28-26-24-22-20-17-15-13-11-9-7-5-2)39-96-67-58(89)57(88)61(48(38-78)100-67)102-68-59(90)64(54(85)46(36-76)98-68)104-66-52(72-41(3)79)56(87)62(49(101-66)40-97-107(93,94)95)103-69-60(91)65(55(86)47(37-77)99-69)106-71-34-44(81)51(74-70(71)92)63(105-71)53(84)45(82)35-75;/h30,32,42-49,51-69,75-78,80-82,84-91H,4-29,31,33-40H2,1-3H3,(H,72,79)(H,73,83)(H,74,92)(H,93,94,95);/q;+1/p-1/b32-30+;/t42-,43+,44-,45+,46+,47+,48+,49+,51+,52+,53+,54-,55-,56+,57+,58+,59+,60+,61+,62+,63+,64-,65-,66-,67+,68-,69-,71-;/m0./s1. The van der Waals surface area contributed by atoms with Crippen molar-refractivity contribution in [3.63, 3.8) is 0 Å². The van der Waals surface area contributed by atoms with E-state index in [2.05, 4.69) is 34.0 Å². The zero-order valence-corrected chi connectivity index (χ0v) is 65.9. The number of hydrogen-bond donors (Lipinski definition) is 18. The first-order valence-corrected chi connectivity index (χ1v) is 40.1. The molecule has 0 aromatic rings. The van der Waals surface area contributed by atoms with Gasteiger partial charge in [-0.3, -0.25) is 18.6 Å². The summed E-state index contributed by atoms with van der Waals surface area (Å²) in [6.45, 7) is -0.674. The summed E-state index contributed by atoms with van der Waals surface area (Å²) < 4.78 is 99.4. The van der Waals surface area contributed by atoms with E-state index in [4.69, 9.17) is 47.4 Å². The van der Waals surface area contributed by atoms with Crippen LogP contribution in [0, 0.1) is 0 Å². The van der Waals surface area contributed by atoms with Gasteiger partial charge in [-0.25, -0.2) is 8.42 Å². The number of piperidine rings is 1. The van der Waals surface area contributed by atoms with Gasteiger partial charge in [0.15, 0.2) is 25.2 Å². The Hall–Kier alpha value is -1.98. The van der Waals surface area contributed by atoms with Crippen molar-refractivity contribution in [2.75, 3.05) is 39.6 Å². The molecule has 35 nitrogen and oxygen atoms in total. The molecule has 7 saturated heterocycles. The molecular weight excluding hydrogens is 1460 g/mol. The first-order chi connectivity index (χ1) is 51.2. The summed E-state index contributed by atoms with van der Waals surface area (Å²) >= 11 is 0. The Labute approximate surface area is 655 Å². The predicted octanol–water partition coefficient (Wildman–Crippen LogP) is -4.64. The average molecular weight is 1590 g/mol. The molecule has 7 aliphatic heterocycles. The van der Waals surface area contributed by atoms with Gasteiger partial charge in [0.25, 0.3) is 11.7 Å². The molecule has 0 radical (unpaired) electrons. The van der Waals surface area contributed by atoms with E-state index in [1.807, 2.05) is 6.08 Å². The summed E-state index contributed by atoms with van der Waals surface area (Å²) in [5.41, 5.74) is 0. The van der Waals surface area contributed by atoms with Crippen LogP contribution in [0.25, 0.3) is 0 Å². The van der Waals surface area contributed by atoms with Gasteiger partial charge in [0.05, 0.1) is 63.9 Å². The van der Waals surface area contributed by atoms with E-state index < -0.39 is 239 Å². The summed E-state index contributed by atoms with van der Waals surface area (Å²) in [4.78, 5) is 40.0. The van der Waals surface area contributed by atoms with Crippen LogP contribution in [0.4, 0.5) is 0 Å². The third-order valence-electron chi connectivity index (χ3n) is 20.7. The van der Waals surface area contributed by atoms with Gasteiger partial charge in [-0.15, -0.1) is 0 Å². The van der Waals surface area contributed by atoms with E-state index in [0.717, 1.165) is 58.3 Å². The second-order valence-electron chi connectivity index (χ2n) is 29.3. The van der Waals surface area contributed by atoms with Crippen molar-refractivity contribution in [1.82, 2.24) is 16.0 Å². The molecular formula is C71H126N3NaO32S. The number of ether oxygens (including phenoxy) is 10. The molecule has 7 heterocycles. The van der Waals surface area contributed by atoms with E-state index in [-0.39, 0.29) is 41.9 Å². The van der Waals surface area contributed by atoms with Gasteiger partial charge in [0, 0.05) is 19.8 Å². The molecule has 18 N–H and O–H groups in total. The largest absolute Gasteiger partial charge is 1.00 e.